The van der Waals surface area contributed by atoms with Crippen molar-refractivity contribution in [2.24, 2.45) is 5.41 Å². The number of nitrogens with zero attached hydrogens (tertiary/aromatic N) is 1. The Bertz CT molecular complexity index is 723. The number of imide groups is 1. The molecule has 3 heterocycles. The first-order chi connectivity index (χ1) is 13.0. The second kappa shape index (κ2) is 7.46. The van der Waals surface area contributed by atoms with Gasteiger partial charge in [-0.15, -0.1) is 0 Å². The number of piperidine rings is 3. The molecule has 1 spiro atoms. The Morgan fingerprint density at radius 3 is 2.52 bits per heavy atom. The molecule has 1 unspecified atom stereocenters. The highest BCUT2D eigenvalue weighted by Crippen LogP contribution is 2.40. The summed E-state index contributed by atoms with van der Waals surface area (Å²) in [6.45, 7) is 4.13. The molecule has 3 saturated heterocycles. The summed E-state index contributed by atoms with van der Waals surface area (Å²) in [5.74, 6) is -1.03. The van der Waals surface area contributed by atoms with Gasteiger partial charge in [-0.3, -0.25) is 14.9 Å². The van der Waals surface area contributed by atoms with Crippen molar-refractivity contribution in [3.05, 3.63) is 24.0 Å². The van der Waals surface area contributed by atoms with E-state index in [1.54, 1.807) is 12.1 Å². The van der Waals surface area contributed by atoms with E-state index in [0.717, 1.165) is 44.7 Å². The fraction of sp³-hybridized carbons (Fsp3) is 0.600. The molecule has 0 aromatic heterocycles. The van der Waals surface area contributed by atoms with Gasteiger partial charge in [0.05, 0.1) is 5.69 Å². The number of anilines is 2. The highest BCUT2D eigenvalue weighted by molar-refractivity contribution is 6.01. The lowest BCUT2D eigenvalue weighted by Crippen LogP contribution is -2.47. The molecule has 0 saturated carbocycles. The number of amides is 2. The predicted molar refractivity (Wildman–Crippen MR) is 102 cm³/mol. The molecule has 7 heteroatoms. The fourth-order valence-electron chi connectivity index (χ4n) is 4.53. The van der Waals surface area contributed by atoms with Crippen molar-refractivity contribution in [1.29, 1.82) is 0 Å². The summed E-state index contributed by atoms with van der Waals surface area (Å²) >= 11 is 0. The zero-order valence-electron chi connectivity index (χ0n) is 15.5. The van der Waals surface area contributed by atoms with Crippen LogP contribution < -0.4 is 20.9 Å². The number of benzene rings is 1. The molecule has 0 radical (unpaired) electrons. The number of halogens is 1. The Labute approximate surface area is 158 Å². The van der Waals surface area contributed by atoms with Crippen molar-refractivity contribution in [2.75, 3.05) is 36.4 Å². The third-order valence-corrected chi connectivity index (χ3v) is 6.38. The summed E-state index contributed by atoms with van der Waals surface area (Å²) < 4.78 is 14.6. The average molecular weight is 374 g/mol. The van der Waals surface area contributed by atoms with Gasteiger partial charge in [-0.25, -0.2) is 4.39 Å². The van der Waals surface area contributed by atoms with E-state index in [1.807, 2.05) is 6.07 Å². The van der Waals surface area contributed by atoms with Crippen molar-refractivity contribution in [2.45, 2.75) is 44.6 Å². The van der Waals surface area contributed by atoms with Gasteiger partial charge < -0.3 is 15.5 Å². The maximum atomic E-state index is 14.6. The number of carbonyl (C=O) groups excluding carboxylic acids is 2. The number of hydrogen-bond donors (Lipinski definition) is 3. The van der Waals surface area contributed by atoms with Crippen molar-refractivity contribution in [1.82, 2.24) is 10.6 Å². The molecular weight excluding hydrogens is 347 g/mol. The molecule has 6 nitrogen and oxygen atoms in total. The molecule has 1 atom stereocenters. The summed E-state index contributed by atoms with van der Waals surface area (Å²) in [6, 6.07) is 4.59. The van der Waals surface area contributed by atoms with Crippen LogP contribution in [0.4, 0.5) is 15.8 Å². The first-order valence-electron chi connectivity index (χ1n) is 9.90. The minimum atomic E-state index is -0.571. The van der Waals surface area contributed by atoms with E-state index in [1.165, 1.54) is 12.8 Å². The second-order valence-corrected chi connectivity index (χ2v) is 8.05. The van der Waals surface area contributed by atoms with Crippen LogP contribution in [-0.4, -0.2) is 44.0 Å². The Kier molecular flexibility index (Phi) is 5.04. The maximum Gasteiger partial charge on any atom is 0.249 e. The summed E-state index contributed by atoms with van der Waals surface area (Å²) in [4.78, 5) is 25.3. The third kappa shape index (κ3) is 3.93. The van der Waals surface area contributed by atoms with Gasteiger partial charge in [0.25, 0.3) is 0 Å². The molecule has 4 rings (SSSR count). The Balaban J connectivity index is 1.39. The molecule has 3 N–H and O–H groups in total. The molecule has 1 aromatic rings. The van der Waals surface area contributed by atoms with E-state index in [9.17, 15) is 14.0 Å². The highest BCUT2D eigenvalue weighted by atomic mass is 19.1. The van der Waals surface area contributed by atoms with Crippen LogP contribution in [0.1, 0.15) is 38.5 Å². The predicted octanol–water partition coefficient (Wildman–Crippen LogP) is 2.01. The molecule has 2 amide bonds. The molecule has 3 fully saturated rings. The zero-order chi connectivity index (χ0) is 18.9. The van der Waals surface area contributed by atoms with E-state index in [0.29, 0.717) is 17.5 Å². The molecule has 3 aliphatic heterocycles. The first-order valence-corrected chi connectivity index (χ1v) is 9.90. The SMILES string of the molecule is O=C1CCC(Nc2ccc(N3CCC4(CCNCC4)CC3)cc2F)C(=O)N1. The summed E-state index contributed by atoms with van der Waals surface area (Å²) in [7, 11) is 0. The first kappa shape index (κ1) is 18.2. The second-order valence-electron chi connectivity index (χ2n) is 8.05. The van der Waals surface area contributed by atoms with Gasteiger partial charge in [-0.1, -0.05) is 0 Å². The zero-order valence-corrected chi connectivity index (χ0v) is 15.5. The van der Waals surface area contributed by atoms with Gasteiger partial charge in [0.2, 0.25) is 11.8 Å². The van der Waals surface area contributed by atoms with Crippen LogP contribution in [0.2, 0.25) is 0 Å². The van der Waals surface area contributed by atoms with Crippen LogP contribution in [0.5, 0.6) is 0 Å². The van der Waals surface area contributed by atoms with Crippen molar-refractivity contribution in [3.63, 3.8) is 0 Å². The van der Waals surface area contributed by atoms with Gasteiger partial charge >= 0.3 is 0 Å². The molecule has 3 aliphatic rings. The van der Waals surface area contributed by atoms with Crippen molar-refractivity contribution >= 4 is 23.2 Å². The van der Waals surface area contributed by atoms with E-state index in [2.05, 4.69) is 20.9 Å². The summed E-state index contributed by atoms with van der Waals surface area (Å²) in [5.41, 5.74) is 1.67. The lowest BCUT2D eigenvalue weighted by molar-refractivity contribution is -0.133. The minimum absolute atomic E-state index is 0.272. The van der Waals surface area contributed by atoms with Gasteiger partial charge in [0, 0.05) is 25.2 Å². The van der Waals surface area contributed by atoms with Crippen LogP contribution in [0.25, 0.3) is 0 Å². The lowest BCUT2D eigenvalue weighted by Gasteiger charge is -2.45. The molecular formula is C20H27FN4O2. The molecule has 1 aromatic carbocycles. The van der Waals surface area contributed by atoms with Crippen molar-refractivity contribution in [3.8, 4) is 0 Å². The van der Waals surface area contributed by atoms with E-state index >= 15 is 0 Å². The number of rotatable bonds is 3. The average Bonchev–Trinajstić information content (AvgIpc) is 2.67. The van der Waals surface area contributed by atoms with Crippen LogP contribution >= 0.6 is 0 Å². The monoisotopic (exact) mass is 374 g/mol. The smallest absolute Gasteiger partial charge is 0.249 e. The molecule has 27 heavy (non-hydrogen) atoms. The molecule has 0 bridgehead atoms. The van der Waals surface area contributed by atoms with E-state index < -0.39 is 11.9 Å². The highest BCUT2D eigenvalue weighted by Gasteiger charge is 2.35. The Hall–Kier alpha value is -2.15. The molecule has 0 aliphatic carbocycles. The Morgan fingerprint density at radius 1 is 1.11 bits per heavy atom. The molecule has 146 valence electrons. The van der Waals surface area contributed by atoms with Crippen LogP contribution in [0.15, 0.2) is 18.2 Å². The van der Waals surface area contributed by atoms with Crippen LogP contribution in [0, 0.1) is 11.2 Å². The lowest BCUT2D eigenvalue weighted by atomic mass is 9.71. The normalized spacial score (nSPS) is 25.4. The third-order valence-electron chi connectivity index (χ3n) is 6.38. The van der Waals surface area contributed by atoms with Crippen LogP contribution in [0.3, 0.4) is 0 Å². The van der Waals surface area contributed by atoms with Gasteiger partial charge in [0.15, 0.2) is 0 Å². The van der Waals surface area contributed by atoms with E-state index in [-0.39, 0.29) is 18.1 Å². The topological polar surface area (TPSA) is 73.5 Å². The standard InChI is InChI=1S/C20H27FN4O2/c21-15-13-14(25-11-7-20(8-12-25)5-9-22-10-6-20)1-2-16(15)23-17-3-4-18(26)24-19(17)27/h1-2,13,17,22-23H,3-12H2,(H,24,26,27). The number of nitrogens with one attached hydrogen (secondary N) is 3. The number of hydrogen-bond acceptors (Lipinski definition) is 5. The maximum absolute atomic E-state index is 14.6. The van der Waals surface area contributed by atoms with Crippen LogP contribution in [-0.2, 0) is 9.59 Å². The van der Waals surface area contributed by atoms with Gasteiger partial charge in [-0.2, -0.15) is 0 Å². The van der Waals surface area contributed by atoms with Gasteiger partial charge in [0.1, 0.15) is 11.9 Å². The Morgan fingerprint density at radius 2 is 1.85 bits per heavy atom. The quantitative estimate of drug-likeness (QED) is 0.706. The summed E-state index contributed by atoms with van der Waals surface area (Å²) in [5, 5.41) is 8.65. The fourth-order valence-corrected chi connectivity index (χ4v) is 4.53. The minimum Gasteiger partial charge on any atom is -0.371 e. The van der Waals surface area contributed by atoms with E-state index in [4.69, 9.17) is 0 Å². The van der Waals surface area contributed by atoms with Crippen molar-refractivity contribution < 1.29 is 14.0 Å². The van der Waals surface area contributed by atoms with Gasteiger partial charge in [-0.05, 0) is 68.8 Å². The summed E-state index contributed by atoms with van der Waals surface area (Å²) in [6.07, 6.45) is 5.45. The largest absolute Gasteiger partial charge is 0.371 e. The number of carbonyl (C=O) groups is 2.